The molecule has 0 bridgehead atoms. The molecule has 0 aliphatic carbocycles. The van der Waals surface area contributed by atoms with Gasteiger partial charge in [0.2, 0.25) is 0 Å². The number of quaternary nitrogens is 1. The first-order chi connectivity index (χ1) is 5.29. The van der Waals surface area contributed by atoms with Gasteiger partial charge in [-0.3, -0.25) is 0 Å². The third kappa shape index (κ3) is 3.19. The second-order valence-corrected chi connectivity index (χ2v) is 2.94. The molecule has 1 atom stereocenters. The molecule has 0 radical (unpaired) electrons. The Morgan fingerprint density at radius 1 is 1.27 bits per heavy atom. The van der Waals surface area contributed by atoms with Crippen LogP contribution in [0.5, 0.6) is 0 Å². The molecule has 1 unspecified atom stereocenters. The Bertz CT molecular complexity index is 191. The van der Waals surface area contributed by atoms with Crippen molar-refractivity contribution in [1.82, 2.24) is 0 Å². The lowest BCUT2D eigenvalue weighted by atomic mass is 10.1. The molecule has 1 aromatic carbocycles. The van der Waals surface area contributed by atoms with E-state index in [9.17, 15) is 0 Å². The van der Waals surface area contributed by atoms with Gasteiger partial charge in [-0.2, -0.15) is 7.05 Å². The smallest absolute Gasteiger partial charge is 0.0569 e. The maximum absolute atomic E-state index is 3.87. The zero-order valence-corrected chi connectivity index (χ0v) is 7.01. The molecule has 1 aromatic rings. The van der Waals surface area contributed by atoms with E-state index in [1.165, 1.54) is 10.5 Å². The molecule has 0 fully saturated rings. The van der Waals surface area contributed by atoms with Gasteiger partial charge in [-0.25, -0.2) is 0 Å². The van der Waals surface area contributed by atoms with Crippen molar-refractivity contribution < 1.29 is 4.90 Å². The van der Waals surface area contributed by atoms with E-state index in [0.29, 0.717) is 0 Å². The zero-order valence-electron chi connectivity index (χ0n) is 7.01. The minimum atomic E-state index is 1.10. The largest absolute Gasteiger partial charge is 0.470 e. The fraction of sp³-hybridized carbons (Fsp3) is 0.300. The highest BCUT2D eigenvalue weighted by molar-refractivity contribution is 5.14. The first-order valence-electron chi connectivity index (χ1n) is 3.97. The van der Waals surface area contributed by atoms with Gasteiger partial charge in [-0.1, -0.05) is 30.3 Å². The minimum absolute atomic E-state index is 1.10. The van der Waals surface area contributed by atoms with Crippen LogP contribution in [0.4, 0.5) is 0 Å². The number of nitrogens with one attached hydrogen (secondary N) is 1. The fourth-order valence-corrected chi connectivity index (χ4v) is 1.00. The zero-order chi connectivity index (χ0) is 8.10. The van der Waals surface area contributed by atoms with Crippen LogP contribution >= 0.6 is 0 Å². The van der Waals surface area contributed by atoms with Crippen LogP contribution in [0.15, 0.2) is 30.3 Å². The third-order valence-electron chi connectivity index (χ3n) is 1.68. The molecule has 1 heteroatoms. The predicted molar refractivity (Wildman–Crippen MR) is 47.3 cm³/mol. The van der Waals surface area contributed by atoms with Crippen molar-refractivity contribution in [3.8, 4) is 0 Å². The summed E-state index contributed by atoms with van der Waals surface area (Å²) < 4.78 is 0. The van der Waals surface area contributed by atoms with Gasteiger partial charge < -0.3 is 4.90 Å². The van der Waals surface area contributed by atoms with Gasteiger partial charge >= 0.3 is 0 Å². The Kier molecular flexibility index (Phi) is 3.12. The Labute approximate surface area is 68.7 Å². The van der Waals surface area contributed by atoms with Crippen molar-refractivity contribution in [2.75, 3.05) is 13.6 Å². The van der Waals surface area contributed by atoms with E-state index in [-0.39, 0.29) is 0 Å². The molecule has 0 aromatic heterocycles. The maximum Gasteiger partial charge on any atom is 0.0569 e. The summed E-state index contributed by atoms with van der Waals surface area (Å²) in [5.41, 5.74) is 1.40. The average Bonchev–Trinajstić information content (AvgIpc) is 2.03. The molecule has 0 saturated carbocycles. The van der Waals surface area contributed by atoms with E-state index >= 15 is 0 Å². The van der Waals surface area contributed by atoms with Crippen molar-refractivity contribution in [3.05, 3.63) is 42.9 Å². The topological polar surface area (TPSA) is 4.44 Å². The van der Waals surface area contributed by atoms with Crippen LogP contribution in [0.2, 0.25) is 0 Å². The first kappa shape index (κ1) is 8.28. The van der Waals surface area contributed by atoms with Gasteiger partial charge in [-0.05, 0) is 5.56 Å². The van der Waals surface area contributed by atoms with Crippen LogP contribution < -0.4 is 4.90 Å². The van der Waals surface area contributed by atoms with E-state index < -0.39 is 0 Å². The monoisotopic (exact) mass is 149 g/mol. The molecule has 1 N–H and O–H groups in total. The van der Waals surface area contributed by atoms with E-state index in [4.69, 9.17) is 0 Å². The van der Waals surface area contributed by atoms with Crippen LogP contribution in [-0.4, -0.2) is 13.6 Å². The lowest BCUT2D eigenvalue weighted by Crippen LogP contribution is -3.03. The molecular formula is C10H15N. The molecule has 1 nitrogen and oxygen atoms in total. The summed E-state index contributed by atoms with van der Waals surface area (Å²) in [5, 5.41) is 0. The summed E-state index contributed by atoms with van der Waals surface area (Å²) in [6.45, 7) is 1.10. The number of likely N-dealkylation sites (N-methyl/N-ethyl adjacent to an activating group) is 1. The van der Waals surface area contributed by atoms with E-state index in [2.05, 4.69) is 38.4 Å². The fourth-order valence-electron chi connectivity index (χ4n) is 1.00. The highest BCUT2D eigenvalue weighted by atomic mass is 15.0. The molecule has 0 aliphatic heterocycles. The molecule has 1 rings (SSSR count). The normalized spacial score (nSPS) is 12.9. The van der Waals surface area contributed by atoms with E-state index in [1.54, 1.807) is 0 Å². The highest BCUT2D eigenvalue weighted by Gasteiger charge is 1.91. The van der Waals surface area contributed by atoms with Crippen molar-refractivity contribution in [1.29, 1.82) is 0 Å². The second-order valence-electron chi connectivity index (χ2n) is 2.94. The number of hydrogen-bond donors (Lipinski definition) is 1. The molecule has 0 heterocycles. The summed E-state index contributed by atoms with van der Waals surface area (Å²) in [6.07, 6.45) is 1.12. The van der Waals surface area contributed by atoms with Gasteiger partial charge in [0.05, 0.1) is 6.54 Å². The number of benzene rings is 1. The van der Waals surface area contributed by atoms with Crippen LogP contribution in [0, 0.1) is 7.05 Å². The van der Waals surface area contributed by atoms with Gasteiger partial charge in [0.1, 0.15) is 0 Å². The van der Waals surface area contributed by atoms with Crippen LogP contribution in [0.25, 0.3) is 0 Å². The Balaban J connectivity index is 2.39. The molecular weight excluding hydrogens is 134 g/mol. The summed E-state index contributed by atoms with van der Waals surface area (Å²) in [6, 6.07) is 10.5. The van der Waals surface area contributed by atoms with Gasteiger partial charge in [0.25, 0.3) is 0 Å². The molecule has 0 aliphatic rings. The van der Waals surface area contributed by atoms with Crippen molar-refractivity contribution in [3.63, 3.8) is 0 Å². The quantitative estimate of drug-likeness (QED) is 0.598. The Hall–Kier alpha value is -0.820. The minimum Gasteiger partial charge on any atom is -0.470 e. The van der Waals surface area contributed by atoms with Crippen molar-refractivity contribution >= 4 is 0 Å². The SMILES string of the molecule is [CH2-][NH+](C)CCc1ccccc1. The van der Waals surface area contributed by atoms with Crippen LogP contribution in [-0.2, 0) is 6.42 Å². The Morgan fingerprint density at radius 3 is 2.45 bits per heavy atom. The van der Waals surface area contributed by atoms with Gasteiger partial charge in [-0.15, -0.1) is 0 Å². The molecule has 60 valence electrons. The first-order valence-corrected chi connectivity index (χ1v) is 3.97. The second kappa shape index (κ2) is 4.14. The highest BCUT2D eigenvalue weighted by Crippen LogP contribution is 1.96. The summed E-state index contributed by atoms with van der Waals surface area (Å²) in [7, 11) is 5.94. The Morgan fingerprint density at radius 2 is 1.91 bits per heavy atom. The van der Waals surface area contributed by atoms with Crippen LogP contribution in [0.1, 0.15) is 5.56 Å². The number of hydrogen-bond acceptors (Lipinski definition) is 0. The molecule has 0 amide bonds. The van der Waals surface area contributed by atoms with Gasteiger partial charge in [0, 0.05) is 13.5 Å². The van der Waals surface area contributed by atoms with Crippen LogP contribution in [0.3, 0.4) is 0 Å². The lowest BCUT2D eigenvalue weighted by Gasteiger charge is -2.13. The summed E-state index contributed by atoms with van der Waals surface area (Å²) in [4.78, 5) is 1.26. The predicted octanol–water partition coefficient (Wildman–Crippen LogP) is 0.535. The van der Waals surface area contributed by atoms with Gasteiger partial charge in [0.15, 0.2) is 0 Å². The molecule has 0 saturated heterocycles. The summed E-state index contributed by atoms with van der Waals surface area (Å²) in [5.74, 6) is 0. The number of rotatable bonds is 3. The van der Waals surface area contributed by atoms with Crippen molar-refractivity contribution in [2.24, 2.45) is 0 Å². The third-order valence-corrected chi connectivity index (χ3v) is 1.68. The average molecular weight is 149 g/mol. The molecule has 0 spiro atoms. The maximum atomic E-state index is 3.87. The lowest BCUT2D eigenvalue weighted by molar-refractivity contribution is -0.831. The molecule has 11 heavy (non-hydrogen) atoms. The standard InChI is InChI=1S/C10H15N/c1-11(2)9-8-10-6-4-3-5-7-10/h3-7,11H,1,8-9H2,2H3. The summed E-state index contributed by atoms with van der Waals surface area (Å²) >= 11 is 0. The van der Waals surface area contributed by atoms with E-state index in [0.717, 1.165) is 13.0 Å². The van der Waals surface area contributed by atoms with Crippen molar-refractivity contribution in [2.45, 2.75) is 6.42 Å². The van der Waals surface area contributed by atoms with E-state index in [1.807, 2.05) is 6.07 Å².